The number of hydrogen-bond acceptors (Lipinski definition) is 3. The van der Waals surface area contributed by atoms with E-state index in [1.54, 1.807) is 23.9 Å². The molecule has 0 spiro atoms. The van der Waals surface area contributed by atoms with Gasteiger partial charge in [0.05, 0.1) is 6.04 Å². The zero-order valence-corrected chi connectivity index (χ0v) is 10.8. The molecule has 0 aliphatic rings. The van der Waals surface area contributed by atoms with Gasteiger partial charge in [-0.25, -0.2) is 4.39 Å². The summed E-state index contributed by atoms with van der Waals surface area (Å²) in [6.07, 6.45) is 0. The van der Waals surface area contributed by atoms with E-state index in [0.29, 0.717) is 5.56 Å². The summed E-state index contributed by atoms with van der Waals surface area (Å²) in [6, 6.07) is 6.59. The van der Waals surface area contributed by atoms with Gasteiger partial charge >= 0.3 is 0 Å². The molecule has 0 heterocycles. The van der Waals surface area contributed by atoms with Gasteiger partial charge in [-0.3, -0.25) is 11.3 Å². The van der Waals surface area contributed by atoms with Crippen LogP contribution in [0.5, 0.6) is 0 Å². The molecule has 0 saturated carbocycles. The van der Waals surface area contributed by atoms with E-state index in [9.17, 15) is 4.39 Å². The number of nitrogens with two attached hydrogens (primary N) is 1. The molecule has 1 atom stereocenters. The molecular formula is C12H19FN2S. The summed E-state index contributed by atoms with van der Waals surface area (Å²) in [6.45, 7) is 6.39. The molecule has 1 unspecified atom stereocenters. The minimum absolute atomic E-state index is 0.148. The predicted octanol–water partition coefficient (Wildman–Crippen LogP) is 2.86. The number of hydrazine groups is 1. The van der Waals surface area contributed by atoms with E-state index in [2.05, 4.69) is 26.2 Å². The van der Waals surface area contributed by atoms with Crippen molar-refractivity contribution in [2.45, 2.75) is 31.6 Å². The average Bonchev–Trinajstić information content (AvgIpc) is 2.20. The summed E-state index contributed by atoms with van der Waals surface area (Å²) in [5, 5.41) is 0. The second-order valence-electron chi connectivity index (χ2n) is 4.66. The van der Waals surface area contributed by atoms with Crippen molar-refractivity contribution in [1.29, 1.82) is 0 Å². The molecule has 1 aromatic rings. The summed E-state index contributed by atoms with van der Waals surface area (Å²) in [5.74, 6) is 6.02. The number of nitrogens with one attached hydrogen (secondary N) is 1. The zero-order valence-electron chi connectivity index (χ0n) is 9.96. The number of hydrogen-bond donors (Lipinski definition) is 2. The molecule has 0 bridgehead atoms. The first kappa shape index (κ1) is 13.5. The molecule has 90 valence electrons. The third-order valence-corrected chi connectivity index (χ3v) is 3.53. The van der Waals surface area contributed by atoms with Gasteiger partial charge in [0, 0.05) is 16.1 Å². The molecule has 1 rings (SSSR count). The van der Waals surface area contributed by atoms with Gasteiger partial charge in [0.2, 0.25) is 0 Å². The van der Waals surface area contributed by atoms with Crippen molar-refractivity contribution in [3.63, 3.8) is 0 Å². The number of benzene rings is 1. The lowest BCUT2D eigenvalue weighted by Gasteiger charge is -2.23. The van der Waals surface area contributed by atoms with Crippen LogP contribution in [0.2, 0.25) is 0 Å². The van der Waals surface area contributed by atoms with Gasteiger partial charge in [-0.1, -0.05) is 39.0 Å². The lowest BCUT2D eigenvalue weighted by atomic mass is 10.1. The normalized spacial score (nSPS) is 13.8. The third-order valence-electron chi connectivity index (χ3n) is 2.16. The van der Waals surface area contributed by atoms with Crippen molar-refractivity contribution >= 4 is 11.8 Å². The van der Waals surface area contributed by atoms with Crippen LogP contribution in [0, 0.1) is 5.82 Å². The summed E-state index contributed by atoms with van der Waals surface area (Å²) in [7, 11) is 0. The fourth-order valence-electron chi connectivity index (χ4n) is 1.32. The van der Waals surface area contributed by atoms with Gasteiger partial charge < -0.3 is 0 Å². The second-order valence-corrected chi connectivity index (χ2v) is 6.51. The standard InChI is InChI=1S/C12H19FN2S/c1-12(2,3)16-8-11(15-14)9-6-4-5-7-10(9)13/h4-7,11,15H,8,14H2,1-3H3. The fourth-order valence-corrected chi connectivity index (χ4v) is 2.26. The molecule has 0 aliphatic carbocycles. The van der Waals surface area contributed by atoms with E-state index < -0.39 is 0 Å². The highest BCUT2D eigenvalue weighted by Crippen LogP contribution is 2.28. The molecule has 0 radical (unpaired) electrons. The van der Waals surface area contributed by atoms with Crippen LogP contribution in [0.3, 0.4) is 0 Å². The maximum atomic E-state index is 13.5. The van der Waals surface area contributed by atoms with E-state index in [-0.39, 0.29) is 16.6 Å². The molecule has 3 N–H and O–H groups in total. The van der Waals surface area contributed by atoms with Crippen LogP contribution in [0.15, 0.2) is 24.3 Å². The monoisotopic (exact) mass is 242 g/mol. The summed E-state index contributed by atoms with van der Waals surface area (Å²) in [5.41, 5.74) is 3.30. The van der Waals surface area contributed by atoms with E-state index >= 15 is 0 Å². The van der Waals surface area contributed by atoms with Gasteiger partial charge in [0.15, 0.2) is 0 Å². The van der Waals surface area contributed by atoms with E-state index in [0.717, 1.165) is 5.75 Å². The molecule has 2 nitrogen and oxygen atoms in total. The van der Waals surface area contributed by atoms with E-state index in [1.165, 1.54) is 6.07 Å². The van der Waals surface area contributed by atoms with Crippen molar-refractivity contribution in [3.05, 3.63) is 35.6 Å². The Morgan fingerprint density at radius 3 is 2.50 bits per heavy atom. The highest BCUT2D eigenvalue weighted by Gasteiger charge is 2.18. The molecule has 0 amide bonds. The maximum Gasteiger partial charge on any atom is 0.128 e. The van der Waals surface area contributed by atoms with Crippen molar-refractivity contribution in [3.8, 4) is 0 Å². The Labute approximate surface area is 101 Å². The fraction of sp³-hybridized carbons (Fsp3) is 0.500. The number of thioether (sulfide) groups is 1. The van der Waals surface area contributed by atoms with Gasteiger partial charge in [-0.15, -0.1) is 0 Å². The topological polar surface area (TPSA) is 38.0 Å². The van der Waals surface area contributed by atoms with Gasteiger partial charge in [0.25, 0.3) is 0 Å². The molecule has 16 heavy (non-hydrogen) atoms. The maximum absolute atomic E-state index is 13.5. The van der Waals surface area contributed by atoms with Crippen molar-refractivity contribution in [2.24, 2.45) is 5.84 Å². The van der Waals surface area contributed by atoms with Crippen molar-refractivity contribution in [2.75, 3.05) is 5.75 Å². The quantitative estimate of drug-likeness (QED) is 0.630. The Morgan fingerprint density at radius 1 is 1.38 bits per heavy atom. The number of halogens is 1. The molecule has 0 saturated heterocycles. The highest BCUT2D eigenvalue weighted by molar-refractivity contribution is 8.00. The Bertz CT molecular complexity index is 336. The molecular weight excluding hydrogens is 223 g/mol. The molecule has 0 aliphatic heterocycles. The first-order chi connectivity index (χ1) is 7.44. The van der Waals surface area contributed by atoms with E-state index in [1.807, 2.05) is 6.07 Å². The summed E-state index contributed by atoms with van der Waals surface area (Å²) < 4.78 is 13.7. The molecule has 4 heteroatoms. The molecule has 1 aromatic carbocycles. The summed E-state index contributed by atoms with van der Waals surface area (Å²) >= 11 is 1.76. The lowest BCUT2D eigenvalue weighted by Crippen LogP contribution is -2.31. The summed E-state index contributed by atoms with van der Waals surface area (Å²) in [4.78, 5) is 0. The van der Waals surface area contributed by atoms with Crippen molar-refractivity contribution < 1.29 is 4.39 Å². The first-order valence-electron chi connectivity index (χ1n) is 5.28. The minimum atomic E-state index is -0.208. The molecule has 0 fully saturated rings. The average molecular weight is 242 g/mol. The van der Waals surface area contributed by atoms with Crippen LogP contribution in [0.25, 0.3) is 0 Å². The van der Waals surface area contributed by atoms with Crippen LogP contribution in [0.1, 0.15) is 32.4 Å². The minimum Gasteiger partial charge on any atom is -0.271 e. The van der Waals surface area contributed by atoms with E-state index in [4.69, 9.17) is 5.84 Å². The van der Waals surface area contributed by atoms with Crippen LogP contribution in [-0.4, -0.2) is 10.5 Å². The lowest BCUT2D eigenvalue weighted by molar-refractivity contribution is 0.545. The van der Waals surface area contributed by atoms with Gasteiger partial charge in [-0.05, 0) is 6.07 Å². The van der Waals surface area contributed by atoms with Crippen LogP contribution in [0.4, 0.5) is 4.39 Å². The number of rotatable bonds is 4. The van der Waals surface area contributed by atoms with Crippen LogP contribution in [-0.2, 0) is 0 Å². The van der Waals surface area contributed by atoms with Crippen LogP contribution >= 0.6 is 11.8 Å². The zero-order chi connectivity index (χ0) is 12.2. The molecule has 0 aromatic heterocycles. The van der Waals surface area contributed by atoms with Gasteiger partial charge in [0.1, 0.15) is 5.82 Å². The van der Waals surface area contributed by atoms with Crippen molar-refractivity contribution in [1.82, 2.24) is 5.43 Å². The highest BCUT2D eigenvalue weighted by atomic mass is 32.2. The Morgan fingerprint density at radius 2 is 2.00 bits per heavy atom. The Balaban J connectivity index is 2.72. The Kier molecular flexibility index (Phi) is 4.77. The predicted molar refractivity (Wildman–Crippen MR) is 68.7 cm³/mol. The third kappa shape index (κ3) is 4.12. The first-order valence-corrected chi connectivity index (χ1v) is 6.27. The SMILES string of the molecule is CC(C)(C)SCC(NN)c1ccccc1F. The van der Waals surface area contributed by atoms with Gasteiger partial charge in [-0.2, -0.15) is 11.8 Å². The largest absolute Gasteiger partial charge is 0.271 e. The van der Waals surface area contributed by atoms with Crippen LogP contribution < -0.4 is 11.3 Å². The second kappa shape index (κ2) is 5.66. The Hall–Kier alpha value is -0.580. The smallest absolute Gasteiger partial charge is 0.128 e.